The first-order valence-electron chi connectivity index (χ1n) is 7.27. The number of ether oxygens (including phenoxy) is 1. The number of carbonyl (C=O) groups excluding carboxylic acids is 1. The second-order valence-electron chi connectivity index (χ2n) is 5.64. The van der Waals surface area contributed by atoms with Crippen molar-refractivity contribution >= 4 is 11.9 Å². The third-order valence-electron chi connectivity index (χ3n) is 3.82. The van der Waals surface area contributed by atoms with Crippen LogP contribution in [-0.2, 0) is 4.79 Å². The zero-order valence-electron chi connectivity index (χ0n) is 12.2. The fraction of sp³-hybridized carbons (Fsp3) is 0.500. The van der Waals surface area contributed by atoms with Gasteiger partial charge in [-0.05, 0) is 42.9 Å². The highest BCUT2D eigenvalue weighted by Gasteiger charge is 2.41. The Kier molecular flexibility index (Phi) is 4.83. The molecule has 1 aromatic carbocycles. The van der Waals surface area contributed by atoms with Crippen molar-refractivity contribution in [2.24, 2.45) is 5.41 Å². The number of benzene rings is 1. The van der Waals surface area contributed by atoms with E-state index < -0.39 is 12.6 Å². The number of carboxylic acid groups (broad SMARTS) is 1. The molecule has 0 aliphatic heterocycles. The van der Waals surface area contributed by atoms with Gasteiger partial charge in [0.05, 0.1) is 0 Å². The van der Waals surface area contributed by atoms with E-state index in [4.69, 9.17) is 9.84 Å². The van der Waals surface area contributed by atoms with Crippen LogP contribution in [0.2, 0.25) is 0 Å². The molecule has 1 aliphatic rings. The minimum absolute atomic E-state index is 0.141. The van der Waals surface area contributed by atoms with E-state index in [2.05, 4.69) is 12.2 Å². The van der Waals surface area contributed by atoms with E-state index in [0.717, 1.165) is 12.8 Å². The number of aliphatic carboxylic acids is 1. The van der Waals surface area contributed by atoms with E-state index in [1.807, 2.05) is 0 Å². The largest absolute Gasteiger partial charge is 0.482 e. The molecule has 1 saturated carbocycles. The molecule has 2 rings (SSSR count). The molecule has 0 spiro atoms. The Balaban J connectivity index is 1.90. The number of hydrogen-bond donors (Lipinski definition) is 2. The van der Waals surface area contributed by atoms with Gasteiger partial charge in [0, 0.05) is 12.1 Å². The molecule has 0 atom stereocenters. The van der Waals surface area contributed by atoms with Crippen LogP contribution in [0, 0.1) is 5.41 Å². The van der Waals surface area contributed by atoms with E-state index in [0.29, 0.717) is 23.3 Å². The molecule has 0 unspecified atom stereocenters. The van der Waals surface area contributed by atoms with Crippen LogP contribution in [0.5, 0.6) is 5.75 Å². The predicted molar refractivity (Wildman–Crippen MR) is 78.5 cm³/mol. The number of nitrogens with one attached hydrogen (secondary N) is 1. The van der Waals surface area contributed by atoms with Gasteiger partial charge in [0.25, 0.3) is 5.91 Å². The average molecular weight is 291 g/mol. The highest BCUT2D eigenvalue weighted by Crippen LogP contribution is 2.48. The topological polar surface area (TPSA) is 75.6 Å². The second-order valence-corrected chi connectivity index (χ2v) is 5.64. The van der Waals surface area contributed by atoms with Crippen LogP contribution >= 0.6 is 0 Å². The van der Waals surface area contributed by atoms with Crippen molar-refractivity contribution in [1.82, 2.24) is 5.32 Å². The summed E-state index contributed by atoms with van der Waals surface area (Å²) in [4.78, 5) is 22.6. The number of hydrogen-bond acceptors (Lipinski definition) is 3. The van der Waals surface area contributed by atoms with Crippen LogP contribution < -0.4 is 10.1 Å². The molecular formula is C16H21NO4. The highest BCUT2D eigenvalue weighted by molar-refractivity contribution is 5.94. The van der Waals surface area contributed by atoms with Crippen molar-refractivity contribution in [2.75, 3.05) is 13.2 Å². The van der Waals surface area contributed by atoms with Crippen LogP contribution in [0.4, 0.5) is 0 Å². The van der Waals surface area contributed by atoms with Gasteiger partial charge in [-0.3, -0.25) is 4.79 Å². The van der Waals surface area contributed by atoms with Crippen LogP contribution in [0.15, 0.2) is 24.3 Å². The number of carboxylic acids is 1. The second kappa shape index (κ2) is 6.61. The van der Waals surface area contributed by atoms with Crippen LogP contribution in [0.25, 0.3) is 0 Å². The SMILES string of the molecule is CCCC1(CNC(=O)c2cccc(OCC(=O)O)c2)CC1. The number of carbonyl (C=O) groups is 2. The highest BCUT2D eigenvalue weighted by atomic mass is 16.5. The quantitative estimate of drug-likeness (QED) is 0.771. The predicted octanol–water partition coefficient (Wildman–Crippen LogP) is 2.46. The molecule has 1 aliphatic carbocycles. The lowest BCUT2D eigenvalue weighted by atomic mass is 10.0. The molecule has 0 aromatic heterocycles. The normalized spacial score (nSPS) is 15.3. The monoisotopic (exact) mass is 291 g/mol. The van der Waals surface area contributed by atoms with Crippen molar-refractivity contribution in [3.05, 3.63) is 29.8 Å². The first-order chi connectivity index (χ1) is 10.0. The molecule has 114 valence electrons. The summed E-state index contributed by atoms with van der Waals surface area (Å²) >= 11 is 0. The van der Waals surface area contributed by atoms with Gasteiger partial charge < -0.3 is 15.2 Å². The Labute approximate surface area is 124 Å². The van der Waals surface area contributed by atoms with Crippen LogP contribution in [0.3, 0.4) is 0 Å². The Morgan fingerprint density at radius 1 is 1.38 bits per heavy atom. The molecule has 5 heteroatoms. The summed E-state index contributed by atoms with van der Waals surface area (Å²) in [5, 5.41) is 11.5. The maximum Gasteiger partial charge on any atom is 0.341 e. The van der Waals surface area contributed by atoms with Crippen LogP contribution in [-0.4, -0.2) is 30.1 Å². The smallest absolute Gasteiger partial charge is 0.341 e. The van der Waals surface area contributed by atoms with Crippen molar-refractivity contribution in [2.45, 2.75) is 32.6 Å². The lowest BCUT2D eigenvalue weighted by Gasteiger charge is -2.15. The fourth-order valence-corrected chi connectivity index (χ4v) is 2.46. The summed E-state index contributed by atoms with van der Waals surface area (Å²) in [5.41, 5.74) is 0.798. The third-order valence-corrected chi connectivity index (χ3v) is 3.82. The molecule has 0 radical (unpaired) electrons. The van der Waals surface area contributed by atoms with Crippen molar-refractivity contribution in [3.63, 3.8) is 0 Å². The van der Waals surface area contributed by atoms with E-state index in [1.54, 1.807) is 24.3 Å². The standard InChI is InChI=1S/C16H21NO4/c1-2-6-16(7-8-16)11-17-15(20)12-4-3-5-13(9-12)21-10-14(18)19/h3-5,9H,2,6-8,10-11H2,1H3,(H,17,20)(H,18,19). The van der Waals surface area contributed by atoms with Crippen molar-refractivity contribution in [1.29, 1.82) is 0 Å². The zero-order valence-corrected chi connectivity index (χ0v) is 12.2. The van der Waals surface area contributed by atoms with Gasteiger partial charge in [0.1, 0.15) is 5.75 Å². The maximum absolute atomic E-state index is 12.1. The van der Waals surface area contributed by atoms with E-state index in [9.17, 15) is 9.59 Å². The van der Waals surface area contributed by atoms with E-state index in [-0.39, 0.29) is 5.91 Å². The minimum Gasteiger partial charge on any atom is -0.482 e. The van der Waals surface area contributed by atoms with Crippen molar-refractivity contribution < 1.29 is 19.4 Å². The molecular weight excluding hydrogens is 270 g/mol. The molecule has 0 bridgehead atoms. The van der Waals surface area contributed by atoms with E-state index >= 15 is 0 Å². The summed E-state index contributed by atoms with van der Waals surface area (Å²) in [6.07, 6.45) is 4.65. The zero-order chi connectivity index (χ0) is 15.3. The lowest BCUT2D eigenvalue weighted by Crippen LogP contribution is -2.30. The summed E-state index contributed by atoms with van der Waals surface area (Å²) in [5.74, 6) is -0.794. The van der Waals surface area contributed by atoms with Gasteiger partial charge in [-0.25, -0.2) is 4.79 Å². The molecule has 2 N–H and O–H groups in total. The maximum atomic E-state index is 12.1. The first-order valence-corrected chi connectivity index (χ1v) is 7.27. The van der Waals surface area contributed by atoms with Crippen molar-refractivity contribution in [3.8, 4) is 5.75 Å². The summed E-state index contributed by atoms with van der Waals surface area (Å²) in [6, 6.07) is 6.59. The first kappa shape index (κ1) is 15.4. The molecule has 1 fully saturated rings. The summed E-state index contributed by atoms with van der Waals surface area (Å²) in [6.45, 7) is 2.45. The molecule has 0 heterocycles. The third kappa shape index (κ3) is 4.48. The minimum atomic E-state index is -1.04. The Morgan fingerprint density at radius 2 is 2.14 bits per heavy atom. The average Bonchev–Trinajstić information content (AvgIpc) is 3.23. The Morgan fingerprint density at radius 3 is 2.76 bits per heavy atom. The number of amides is 1. The molecule has 1 amide bonds. The summed E-state index contributed by atoms with van der Waals surface area (Å²) in [7, 11) is 0. The Hall–Kier alpha value is -2.04. The molecule has 21 heavy (non-hydrogen) atoms. The Bertz CT molecular complexity index is 523. The van der Waals surface area contributed by atoms with Gasteiger partial charge >= 0.3 is 5.97 Å². The van der Waals surface area contributed by atoms with Gasteiger partial charge in [-0.1, -0.05) is 19.4 Å². The van der Waals surface area contributed by atoms with Gasteiger partial charge in [-0.15, -0.1) is 0 Å². The van der Waals surface area contributed by atoms with Gasteiger partial charge in [0.15, 0.2) is 6.61 Å². The van der Waals surface area contributed by atoms with Crippen LogP contribution in [0.1, 0.15) is 43.0 Å². The van der Waals surface area contributed by atoms with E-state index in [1.165, 1.54) is 12.8 Å². The van der Waals surface area contributed by atoms with Gasteiger partial charge in [-0.2, -0.15) is 0 Å². The summed E-state index contributed by atoms with van der Waals surface area (Å²) < 4.78 is 5.08. The van der Waals surface area contributed by atoms with Gasteiger partial charge in [0.2, 0.25) is 0 Å². The molecule has 5 nitrogen and oxygen atoms in total. The molecule has 1 aromatic rings. The lowest BCUT2D eigenvalue weighted by molar-refractivity contribution is -0.139. The number of rotatable bonds is 8. The fourth-order valence-electron chi connectivity index (χ4n) is 2.46. The molecule has 0 saturated heterocycles.